The van der Waals surface area contributed by atoms with E-state index in [0.29, 0.717) is 6.07 Å². The van der Waals surface area contributed by atoms with E-state index in [1.165, 1.54) is 7.11 Å². The molecule has 0 aromatic heterocycles. The second-order valence-corrected chi connectivity index (χ2v) is 4.29. The second kappa shape index (κ2) is 8.06. The Morgan fingerprint density at radius 2 is 1.86 bits per heavy atom. The summed E-state index contributed by atoms with van der Waals surface area (Å²) < 4.78 is 35.3. The van der Waals surface area contributed by atoms with Crippen LogP contribution in [0.15, 0.2) is 18.2 Å². The van der Waals surface area contributed by atoms with Crippen molar-refractivity contribution >= 4 is 17.8 Å². The van der Waals surface area contributed by atoms with Gasteiger partial charge in [0.15, 0.2) is 0 Å². The predicted octanol–water partition coefficient (Wildman–Crippen LogP) is 1.19. The number of benzene rings is 1. The van der Waals surface area contributed by atoms with Crippen LogP contribution in [-0.2, 0) is 19.1 Å². The minimum absolute atomic E-state index is 0.0755. The SMILES string of the molecule is COC(=O)CC[C@H](NC(=O)c1ccc(F)cc1F)C(=O)OC. The van der Waals surface area contributed by atoms with Crippen molar-refractivity contribution < 1.29 is 32.6 Å². The number of amides is 1. The molecule has 1 rings (SSSR count). The highest BCUT2D eigenvalue weighted by Crippen LogP contribution is 2.11. The summed E-state index contributed by atoms with van der Waals surface area (Å²) in [6.07, 6.45) is -0.212. The van der Waals surface area contributed by atoms with Crippen molar-refractivity contribution in [2.24, 2.45) is 0 Å². The summed E-state index contributed by atoms with van der Waals surface area (Å²) in [7, 11) is 2.29. The molecule has 0 saturated heterocycles. The van der Waals surface area contributed by atoms with Gasteiger partial charge in [-0.1, -0.05) is 0 Å². The van der Waals surface area contributed by atoms with Crippen LogP contribution < -0.4 is 5.32 Å². The molecule has 1 aromatic carbocycles. The van der Waals surface area contributed by atoms with Gasteiger partial charge in [-0.25, -0.2) is 13.6 Å². The molecule has 1 aromatic rings. The summed E-state index contributed by atoms with van der Waals surface area (Å²) in [5.41, 5.74) is -0.423. The number of rotatable bonds is 6. The number of methoxy groups -OCH3 is 2. The molecular formula is C14H15F2NO5. The lowest BCUT2D eigenvalue weighted by molar-refractivity contribution is -0.144. The molecule has 0 heterocycles. The molecule has 1 amide bonds. The highest BCUT2D eigenvalue weighted by atomic mass is 19.1. The quantitative estimate of drug-likeness (QED) is 0.798. The van der Waals surface area contributed by atoms with E-state index in [0.717, 1.165) is 19.2 Å². The van der Waals surface area contributed by atoms with Gasteiger partial charge < -0.3 is 14.8 Å². The van der Waals surface area contributed by atoms with Gasteiger partial charge in [0.25, 0.3) is 5.91 Å². The molecule has 1 N–H and O–H groups in total. The largest absolute Gasteiger partial charge is 0.469 e. The standard InChI is InChI=1S/C14H15F2NO5/c1-21-12(18)6-5-11(14(20)22-2)17-13(19)9-4-3-8(15)7-10(9)16/h3-4,7,11H,5-6H2,1-2H3,(H,17,19)/t11-/m0/s1. The van der Waals surface area contributed by atoms with Gasteiger partial charge in [-0.3, -0.25) is 9.59 Å². The molecule has 0 aliphatic heterocycles. The molecule has 0 aliphatic rings. The average molecular weight is 315 g/mol. The normalized spacial score (nSPS) is 11.5. The molecule has 6 nitrogen and oxygen atoms in total. The fourth-order valence-corrected chi connectivity index (χ4v) is 1.67. The fraction of sp³-hybridized carbons (Fsp3) is 0.357. The number of carbonyl (C=O) groups excluding carboxylic acids is 3. The Kier molecular flexibility index (Phi) is 6.43. The first-order valence-corrected chi connectivity index (χ1v) is 6.29. The Morgan fingerprint density at radius 3 is 2.41 bits per heavy atom. The van der Waals surface area contributed by atoms with Gasteiger partial charge in [-0.15, -0.1) is 0 Å². The molecule has 0 aliphatic carbocycles. The summed E-state index contributed by atoms with van der Waals surface area (Å²) >= 11 is 0. The monoisotopic (exact) mass is 315 g/mol. The molecular weight excluding hydrogens is 300 g/mol. The van der Waals surface area contributed by atoms with Gasteiger partial charge in [-0.05, 0) is 18.6 Å². The Hall–Kier alpha value is -2.51. The lowest BCUT2D eigenvalue weighted by Gasteiger charge is -2.16. The number of carbonyl (C=O) groups is 3. The highest BCUT2D eigenvalue weighted by Gasteiger charge is 2.24. The van der Waals surface area contributed by atoms with Crippen molar-refractivity contribution in [1.82, 2.24) is 5.32 Å². The summed E-state index contributed by atoms with van der Waals surface area (Å²) in [6, 6.07) is 1.27. The van der Waals surface area contributed by atoms with Gasteiger partial charge in [-0.2, -0.15) is 0 Å². The average Bonchev–Trinajstić information content (AvgIpc) is 2.49. The molecule has 0 radical (unpaired) electrons. The maximum atomic E-state index is 13.5. The van der Waals surface area contributed by atoms with Crippen LogP contribution in [0.25, 0.3) is 0 Å². The molecule has 8 heteroatoms. The Labute approximate surface area is 125 Å². The highest BCUT2D eigenvalue weighted by molar-refractivity contribution is 5.97. The summed E-state index contributed by atoms with van der Waals surface area (Å²) in [6.45, 7) is 0. The van der Waals surface area contributed by atoms with E-state index in [4.69, 9.17) is 0 Å². The summed E-state index contributed by atoms with van der Waals surface area (Å²) in [4.78, 5) is 34.6. The third-order valence-electron chi connectivity index (χ3n) is 2.83. The lowest BCUT2D eigenvalue weighted by atomic mass is 10.1. The van der Waals surface area contributed by atoms with Crippen molar-refractivity contribution in [2.75, 3.05) is 14.2 Å². The third kappa shape index (κ3) is 4.80. The van der Waals surface area contributed by atoms with Gasteiger partial charge in [0, 0.05) is 12.5 Å². The summed E-state index contributed by atoms with van der Waals surface area (Å²) in [5.74, 6) is -4.17. The molecule has 0 spiro atoms. The third-order valence-corrected chi connectivity index (χ3v) is 2.83. The van der Waals surface area contributed by atoms with Crippen LogP contribution in [0.2, 0.25) is 0 Å². The van der Waals surface area contributed by atoms with E-state index in [-0.39, 0.29) is 12.8 Å². The molecule has 0 fully saturated rings. The maximum Gasteiger partial charge on any atom is 0.328 e. The van der Waals surface area contributed by atoms with Crippen LogP contribution in [0.3, 0.4) is 0 Å². The van der Waals surface area contributed by atoms with Gasteiger partial charge in [0.2, 0.25) is 0 Å². The van der Waals surface area contributed by atoms with Crippen molar-refractivity contribution in [2.45, 2.75) is 18.9 Å². The van der Waals surface area contributed by atoms with Crippen LogP contribution in [0, 0.1) is 11.6 Å². The smallest absolute Gasteiger partial charge is 0.328 e. The zero-order chi connectivity index (χ0) is 16.7. The first-order valence-electron chi connectivity index (χ1n) is 6.29. The molecule has 1 atom stereocenters. The van der Waals surface area contributed by atoms with Crippen LogP contribution in [0.5, 0.6) is 0 Å². The topological polar surface area (TPSA) is 81.7 Å². The van der Waals surface area contributed by atoms with Crippen molar-refractivity contribution in [3.05, 3.63) is 35.4 Å². The van der Waals surface area contributed by atoms with E-state index in [1.807, 2.05) is 0 Å². The fourth-order valence-electron chi connectivity index (χ4n) is 1.67. The second-order valence-electron chi connectivity index (χ2n) is 4.29. The van der Waals surface area contributed by atoms with E-state index >= 15 is 0 Å². The summed E-state index contributed by atoms with van der Waals surface area (Å²) in [5, 5.41) is 2.24. The van der Waals surface area contributed by atoms with Gasteiger partial charge in [0.1, 0.15) is 17.7 Å². The molecule has 22 heavy (non-hydrogen) atoms. The first-order chi connectivity index (χ1) is 10.4. The van der Waals surface area contributed by atoms with Gasteiger partial charge >= 0.3 is 11.9 Å². The minimum Gasteiger partial charge on any atom is -0.469 e. The molecule has 0 bridgehead atoms. The van der Waals surface area contributed by atoms with Crippen molar-refractivity contribution in [3.63, 3.8) is 0 Å². The Morgan fingerprint density at radius 1 is 1.18 bits per heavy atom. The van der Waals surface area contributed by atoms with Gasteiger partial charge in [0.05, 0.1) is 19.8 Å². The number of ether oxygens (including phenoxy) is 2. The van der Waals surface area contributed by atoms with Crippen LogP contribution >= 0.6 is 0 Å². The van der Waals surface area contributed by atoms with Crippen LogP contribution in [0.1, 0.15) is 23.2 Å². The van der Waals surface area contributed by atoms with E-state index in [2.05, 4.69) is 14.8 Å². The number of halogens is 2. The van der Waals surface area contributed by atoms with Crippen LogP contribution in [0.4, 0.5) is 8.78 Å². The number of nitrogens with one attached hydrogen (secondary N) is 1. The lowest BCUT2D eigenvalue weighted by Crippen LogP contribution is -2.42. The van der Waals surface area contributed by atoms with E-state index in [1.54, 1.807) is 0 Å². The van der Waals surface area contributed by atoms with Crippen molar-refractivity contribution in [3.8, 4) is 0 Å². The zero-order valence-corrected chi connectivity index (χ0v) is 12.0. The number of hydrogen-bond donors (Lipinski definition) is 1. The zero-order valence-electron chi connectivity index (χ0n) is 12.0. The maximum absolute atomic E-state index is 13.5. The Balaban J connectivity index is 2.81. The first kappa shape index (κ1) is 17.5. The molecule has 120 valence electrons. The number of hydrogen-bond acceptors (Lipinski definition) is 5. The minimum atomic E-state index is -1.15. The molecule has 0 saturated carbocycles. The van der Waals surface area contributed by atoms with Crippen LogP contribution in [-0.4, -0.2) is 38.1 Å². The predicted molar refractivity (Wildman–Crippen MR) is 70.9 cm³/mol. The number of esters is 2. The molecule has 0 unspecified atom stereocenters. The Bertz CT molecular complexity index is 576. The van der Waals surface area contributed by atoms with Crippen molar-refractivity contribution in [1.29, 1.82) is 0 Å². The van der Waals surface area contributed by atoms with E-state index < -0.39 is 41.1 Å². The van der Waals surface area contributed by atoms with E-state index in [9.17, 15) is 23.2 Å².